The molecule has 1 aromatic carbocycles. The molecule has 3 rings (SSSR count). The molecule has 0 spiro atoms. The van der Waals surface area contributed by atoms with Crippen LogP contribution in [0.25, 0.3) is 5.82 Å². The number of hydrogen-bond acceptors (Lipinski definition) is 4. The average Bonchev–Trinajstić information content (AvgIpc) is 3.04. The summed E-state index contributed by atoms with van der Waals surface area (Å²) in [6.45, 7) is 5.57. The van der Waals surface area contributed by atoms with E-state index in [4.69, 9.17) is 11.6 Å². The Morgan fingerprint density at radius 2 is 1.93 bits per heavy atom. The van der Waals surface area contributed by atoms with Crippen LogP contribution in [0.15, 0.2) is 47.2 Å². The molecule has 0 unspecified atom stereocenters. The largest absolute Gasteiger partial charge is 0.350 e. The molecule has 2 N–H and O–H groups in total. The Morgan fingerprint density at radius 1 is 1.17 bits per heavy atom. The summed E-state index contributed by atoms with van der Waals surface area (Å²) in [6, 6.07) is 10.2. The second-order valence-electron chi connectivity index (χ2n) is 6.65. The Bertz CT molecular complexity index is 1080. The van der Waals surface area contributed by atoms with E-state index in [0.29, 0.717) is 26.7 Å². The number of pyridine rings is 1. The Balaban J connectivity index is 1.99. The standard InChI is InChI=1S/C20H19BrClN5O2/c1-11(2)24-19(28)13-7-4-6-12(3)17(13)25-20(29)15-10-16(21)26-27(15)18-14(22)8-5-9-23-18/h4-11H,1-3H3,(H,24,28)(H,25,29). The van der Waals surface area contributed by atoms with E-state index in [1.807, 2.05) is 26.8 Å². The van der Waals surface area contributed by atoms with Crippen molar-refractivity contribution in [3.8, 4) is 5.82 Å². The summed E-state index contributed by atoms with van der Waals surface area (Å²) in [7, 11) is 0. The van der Waals surface area contributed by atoms with Crippen molar-refractivity contribution in [2.45, 2.75) is 26.8 Å². The van der Waals surface area contributed by atoms with E-state index in [9.17, 15) is 9.59 Å². The number of nitrogens with one attached hydrogen (secondary N) is 2. The van der Waals surface area contributed by atoms with Crippen molar-refractivity contribution in [2.24, 2.45) is 0 Å². The number of anilines is 1. The maximum atomic E-state index is 13.1. The molecule has 0 saturated carbocycles. The molecule has 3 aromatic rings. The zero-order valence-electron chi connectivity index (χ0n) is 16.0. The van der Waals surface area contributed by atoms with E-state index in [0.717, 1.165) is 5.56 Å². The third-order valence-corrected chi connectivity index (χ3v) is 4.71. The molecule has 0 bridgehead atoms. The summed E-state index contributed by atoms with van der Waals surface area (Å²) in [5.74, 6) is -0.383. The van der Waals surface area contributed by atoms with Crippen molar-refractivity contribution < 1.29 is 9.59 Å². The van der Waals surface area contributed by atoms with Crippen LogP contribution >= 0.6 is 27.5 Å². The van der Waals surface area contributed by atoms with E-state index in [-0.39, 0.29) is 17.6 Å². The molecule has 0 fully saturated rings. The molecule has 29 heavy (non-hydrogen) atoms. The fourth-order valence-corrected chi connectivity index (χ4v) is 3.33. The Labute approximate surface area is 181 Å². The topological polar surface area (TPSA) is 88.9 Å². The summed E-state index contributed by atoms with van der Waals surface area (Å²) in [4.78, 5) is 29.9. The minimum absolute atomic E-state index is 0.0322. The van der Waals surface area contributed by atoms with Crippen molar-refractivity contribution in [3.05, 3.63) is 69.0 Å². The average molecular weight is 477 g/mol. The Morgan fingerprint density at radius 3 is 2.62 bits per heavy atom. The quantitative estimate of drug-likeness (QED) is 0.572. The summed E-state index contributed by atoms with van der Waals surface area (Å²) >= 11 is 9.51. The third kappa shape index (κ3) is 4.65. The van der Waals surface area contributed by atoms with Crippen LogP contribution in [-0.4, -0.2) is 32.6 Å². The number of amides is 2. The number of rotatable bonds is 5. The predicted octanol–water partition coefficient (Wildman–Crippen LogP) is 4.38. The maximum absolute atomic E-state index is 13.1. The molecule has 0 aliphatic rings. The second kappa shape index (κ2) is 8.75. The molecule has 7 nitrogen and oxygen atoms in total. The summed E-state index contributed by atoms with van der Waals surface area (Å²) in [6.07, 6.45) is 1.56. The molecule has 0 aliphatic heterocycles. The summed E-state index contributed by atoms with van der Waals surface area (Å²) in [5, 5.41) is 10.3. The van der Waals surface area contributed by atoms with Gasteiger partial charge in [0, 0.05) is 18.3 Å². The highest BCUT2D eigenvalue weighted by molar-refractivity contribution is 9.10. The first-order valence-electron chi connectivity index (χ1n) is 8.86. The minimum atomic E-state index is -0.446. The molecular weight excluding hydrogens is 458 g/mol. The number of benzene rings is 1. The van der Waals surface area contributed by atoms with Gasteiger partial charge in [0.2, 0.25) is 0 Å². The molecule has 2 amide bonds. The van der Waals surface area contributed by atoms with Crippen LogP contribution in [0.1, 0.15) is 40.3 Å². The van der Waals surface area contributed by atoms with Crippen LogP contribution in [0.3, 0.4) is 0 Å². The van der Waals surface area contributed by atoms with E-state index >= 15 is 0 Å². The summed E-state index contributed by atoms with van der Waals surface area (Å²) < 4.78 is 1.81. The molecule has 150 valence electrons. The first-order chi connectivity index (χ1) is 13.8. The fraction of sp³-hybridized carbons (Fsp3) is 0.200. The lowest BCUT2D eigenvalue weighted by molar-refractivity contribution is 0.0944. The summed E-state index contributed by atoms with van der Waals surface area (Å²) in [5.41, 5.74) is 1.80. The van der Waals surface area contributed by atoms with Crippen LogP contribution in [0.5, 0.6) is 0 Å². The van der Waals surface area contributed by atoms with Gasteiger partial charge in [-0.1, -0.05) is 23.7 Å². The van der Waals surface area contributed by atoms with E-state index in [1.54, 1.807) is 36.5 Å². The van der Waals surface area contributed by atoms with E-state index < -0.39 is 5.91 Å². The smallest absolute Gasteiger partial charge is 0.274 e. The van der Waals surface area contributed by atoms with Crippen LogP contribution in [0.4, 0.5) is 5.69 Å². The van der Waals surface area contributed by atoms with Crippen molar-refractivity contribution >= 4 is 45.0 Å². The first kappa shape index (κ1) is 21.0. The van der Waals surface area contributed by atoms with Gasteiger partial charge in [0.05, 0.1) is 16.3 Å². The molecule has 0 atom stereocenters. The van der Waals surface area contributed by atoms with Gasteiger partial charge in [0.15, 0.2) is 5.82 Å². The lowest BCUT2D eigenvalue weighted by Crippen LogP contribution is -2.31. The first-order valence-corrected chi connectivity index (χ1v) is 10.0. The van der Waals surface area contributed by atoms with Gasteiger partial charge in [0.25, 0.3) is 11.8 Å². The van der Waals surface area contributed by atoms with Gasteiger partial charge in [-0.3, -0.25) is 9.59 Å². The molecule has 0 aliphatic carbocycles. The van der Waals surface area contributed by atoms with Crippen molar-refractivity contribution in [1.29, 1.82) is 0 Å². The highest BCUT2D eigenvalue weighted by Crippen LogP contribution is 2.25. The van der Waals surface area contributed by atoms with Crippen LogP contribution < -0.4 is 10.6 Å². The van der Waals surface area contributed by atoms with Crippen LogP contribution in [-0.2, 0) is 0 Å². The minimum Gasteiger partial charge on any atom is -0.350 e. The van der Waals surface area contributed by atoms with Gasteiger partial charge < -0.3 is 10.6 Å². The Hall–Kier alpha value is -2.71. The second-order valence-corrected chi connectivity index (χ2v) is 7.87. The number of aromatic nitrogens is 3. The number of aryl methyl sites for hydroxylation is 1. The van der Waals surface area contributed by atoms with E-state index in [2.05, 4.69) is 36.6 Å². The van der Waals surface area contributed by atoms with Gasteiger partial charge in [-0.2, -0.15) is 5.10 Å². The molecule has 2 aromatic heterocycles. The van der Waals surface area contributed by atoms with Gasteiger partial charge in [-0.05, 0) is 60.5 Å². The number of carbonyl (C=O) groups excluding carboxylic acids is 2. The SMILES string of the molecule is Cc1cccc(C(=O)NC(C)C)c1NC(=O)c1cc(Br)nn1-c1ncccc1Cl. The maximum Gasteiger partial charge on any atom is 0.274 e. The third-order valence-electron chi connectivity index (χ3n) is 4.03. The van der Waals surface area contributed by atoms with Gasteiger partial charge in [0.1, 0.15) is 10.3 Å². The molecular formula is C20H19BrClN5O2. The van der Waals surface area contributed by atoms with Gasteiger partial charge in [-0.15, -0.1) is 0 Å². The highest BCUT2D eigenvalue weighted by atomic mass is 79.9. The van der Waals surface area contributed by atoms with Crippen molar-refractivity contribution in [3.63, 3.8) is 0 Å². The number of carbonyl (C=O) groups is 2. The number of hydrogen-bond donors (Lipinski definition) is 2. The monoisotopic (exact) mass is 475 g/mol. The molecule has 9 heteroatoms. The van der Waals surface area contributed by atoms with E-state index in [1.165, 1.54) is 4.68 Å². The Kier molecular flexibility index (Phi) is 6.34. The fourth-order valence-electron chi connectivity index (χ4n) is 2.75. The zero-order valence-corrected chi connectivity index (χ0v) is 18.4. The highest BCUT2D eigenvalue weighted by Gasteiger charge is 2.22. The van der Waals surface area contributed by atoms with Crippen LogP contribution in [0, 0.1) is 6.92 Å². The normalized spacial score (nSPS) is 10.8. The number of nitrogens with zero attached hydrogens (tertiary/aromatic N) is 3. The molecule has 2 heterocycles. The van der Waals surface area contributed by atoms with Crippen LogP contribution in [0.2, 0.25) is 5.02 Å². The predicted molar refractivity (Wildman–Crippen MR) is 116 cm³/mol. The molecule has 0 radical (unpaired) electrons. The lowest BCUT2D eigenvalue weighted by Gasteiger charge is -2.15. The van der Waals surface area contributed by atoms with Gasteiger partial charge in [-0.25, -0.2) is 9.67 Å². The van der Waals surface area contributed by atoms with Gasteiger partial charge >= 0.3 is 0 Å². The van der Waals surface area contributed by atoms with Crippen molar-refractivity contribution in [1.82, 2.24) is 20.1 Å². The van der Waals surface area contributed by atoms with Crippen molar-refractivity contribution in [2.75, 3.05) is 5.32 Å². The number of halogens is 2. The number of para-hydroxylation sites is 1. The molecule has 0 saturated heterocycles. The lowest BCUT2D eigenvalue weighted by atomic mass is 10.1. The zero-order chi connectivity index (χ0) is 21.1.